The van der Waals surface area contributed by atoms with E-state index in [1.807, 2.05) is 45.3 Å². The van der Waals surface area contributed by atoms with Crippen LogP contribution in [-0.4, -0.2) is 40.4 Å². The van der Waals surface area contributed by atoms with E-state index in [4.69, 9.17) is 11.6 Å². The van der Waals surface area contributed by atoms with Gasteiger partial charge >= 0.3 is 0 Å². The van der Waals surface area contributed by atoms with Gasteiger partial charge < -0.3 is 10.0 Å². The molecule has 2 rings (SSSR count). The van der Waals surface area contributed by atoms with E-state index in [9.17, 15) is 5.11 Å². The Morgan fingerprint density at radius 1 is 1.29 bits per heavy atom. The minimum absolute atomic E-state index is 0.485. The standard InChI is InChI=1S/C16H22ClN3O/c1-12-5-7-13(8-6-12)16(2,21)15-14(17)11-18-20(15)10-9-19(3)4/h5-8,11,21H,9-10H2,1-4H3. The Morgan fingerprint density at radius 3 is 2.48 bits per heavy atom. The maximum atomic E-state index is 11.0. The van der Waals surface area contributed by atoms with Gasteiger partial charge in [-0.05, 0) is 33.5 Å². The first-order chi connectivity index (χ1) is 9.82. The molecule has 1 heterocycles. The molecule has 0 fully saturated rings. The smallest absolute Gasteiger partial charge is 0.130 e. The molecule has 1 atom stereocenters. The summed E-state index contributed by atoms with van der Waals surface area (Å²) in [4.78, 5) is 2.07. The monoisotopic (exact) mass is 307 g/mol. The first-order valence-corrected chi connectivity index (χ1v) is 7.36. The molecule has 1 unspecified atom stereocenters. The minimum atomic E-state index is -1.17. The van der Waals surface area contributed by atoms with E-state index < -0.39 is 5.60 Å². The number of likely N-dealkylation sites (N-methyl/N-ethyl adjacent to an activating group) is 1. The number of aryl methyl sites for hydroxylation is 1. The lowest BCUT2D eigenvalue weighted by atomic mass is 9.91. The lowest BCUT2D eigenvalue weighted by Crippen LogP contribution is -2.29. The molecule has 1 aromatic carbocycles. The Bertz CT molecular complexity index is 602. The topological polar surface area (TPSA) is 41.3 Å². The van der Waals surface area contributed by atoms with Crippen molar-refractivity contribution < 1.29 is 5.11 Å². The van der Waals surface area contributed by atoms with Gasteiger partial charge in [0.05, 0.1) is 23.5 Å². The Kier molecular flexibility index (Phi) is 4.71. The molecular weight excluding hydrogens is 286 g/mol. The van der Waals surface area contributed by atoms with Crippen LogP contribution in [0.5, 0.6) is 0 Å². The summed E-state index contributed by atoms with van der Waals surface area (Å²) >= 11 is 6.27. The molecule has 21 heavy (non-hydrogen) atoms. The number of hydrogen-bond donors (Lipinski definition) is 1. The molecule has 1 N–H and O–H groups in total. The van der Waals surface area contributed by atoms with Gasteiger partial charge in [0.25, 0.3) is 0 Å². The maximum absolute atomic E-state index is 11.0. The van der Waals surface area contributed by atoms with Gasteiger partial charge in [-0.1, -0.05) is 41.4 Å². The largest absolute Gasteiger partial charge is 0.379 e. The van der Waals surface area contributed by atoms with Crippen molar-refractivity contribution in [2.75, 3.05) is 20.6 Å². The molecule has 114 valence electrons. The summed E-state index contributed by atoms with van der Waals surface area (Å²) in [6.45, 7) is 5.28. The highest BCUT2D eigenvalue weighted by atomic mass is 35.5. The normalized spacial score (nSPS) is 14.4. The van der Waals surface area contributed by atoms with E-state index in [2.05, 4.69) is 10.00 Å². The Hall–Kier alpha value is -1.36. The van der Waals surface area contributed by atoms with Crippen molar-refractivity contribution in [2.45, 2.75) is 26.0 Å². The van der Waals surface area contributed by atoms with Crippen molar-refractivity contribution >= 4 is 11.6 Å². The van der Waals surface area contributed by atoms with Crippen LogP contribution in [0.15, 0.2) is 30.5 Å². The molecule has 0 spiro atoms. The zero-order valence-corrected chi connectivity index (χ0v) is 13.7. The van der Waals surface area contributed by atoms with Crippen molar-refractivity contribution in [3.05, 3.63) is 52.3 Å². The molecule has 5 heteroatoms. The minimum Gasteiger partial charge on any atom is -0.379 e. The summed E-state index contributed by atoms with van der Waals surface area (Å²) < 4.78 is 1.78. The van der Waals surface area contributed by atoms with Crippen LogP contribution >= 0.6 is 11.6 Å². The summed E-state index contributed by atoms with van der Waals surface area (Å²) in [5.74, 6) is 0. The van der Waals surface area contributed by atoms with Gasteiger partial charge in [-0.3, -0.25) is 4.68 Å². The quantitative estimate of drug-likeness (QED) is 0.923. The average Bonchev–Trinajstić information content (AvgIpc) is 2.78. The third kappa shape index (κ3) is 3.46. The van der Waals surface area contributed by atoms with E-state index in [-0.39, 0.29) is 0 Å². The molecule has 1 aromatic heterocycles. The van der Waals surface area contributed by atoms with Crippen LogP contribution in [0.1, 0.15) is 23.7 Å². The molecule has 0 aliphatic heterocycles. The lowest BCUT2D eigenvalue weighted by Gasteiger charge is -2.26. The van der Waals surface area contributed by atoms with Crippen LogP contribution in [0.2, 0.25) is 5.02 Å². The zero-order chi connectivity index (χ0) is 15.6. The van der Waals surface area contributed by atoms with Crippen LogP contribution in [0.25, 0.3) is 0 Å². The van der Waals surface area contributed by atoms with Crippen molar-refractivity contribution in [1.82, 2.24) is 14.7 Å². The van der Waals surface area contributed by atoms with E-state index in [0.29, 0.717) is 17.3 Å². The van der Waals surface area contributed by atoms with Crippen molar-refractivity contribution in [2.24, 2.45) is 0 Å². The fourth-order valence-corrected chi connectivity index (χ4v) is 2.65. The third-order valence-electron chi connectivity index (χ3n) is 3.63. The van der Waals surface area contributed by atoms with Gasteiger partial charge in [0, 0.05) is 6.54 Å². The SMILES string of the molecule is Cc1ccc(C(C)(O)c2c(Cl)cnn2CCN(C)C)cc1. The summed E-state index contributed by atoms with van der Waals surface area (Å²) in [6, 6.07) is 7.82. The van der Waals surface area contributed by atoms with Gasteiger partial charge in [0.15, 0.2) is 0 Å². The molecule has 0 aliphatic carbocycles. The number of rotatable bonds is 5. The van der Waals surface area contributed by atoms with Crippen LogP contribution in [0.4, 0.5) is 0 Å². The lowest BCUT2D eigenvalue weighted by molar-refractivity contribution is 0.0910. The number of hydrogen-bond acceptors (Lipinski definition) is 3. The van der Waals surface area contributed by atoms with Crippen LogP contribution in [0.3, 0.4) is 0 Å². The maximum Gasteiger partial charge on any atom is 0.130 e. The molecular formula is C16H22ClN3O. The third-order valence-corrected chi connectivity index (χ3v) is 3.91. The first-order valence-electron chi connectivity index (χ1n) is 6.98. The molecule has 0 saturated carbocycles. The fraction of sp³-hybridized carbons (Fsp3) is 0.438. The Labute approximate surface area is 131 Å². The molecule has 0 aliphatic rings. The predicted octanol–water partition coefficient (Wildman–Crippen LogP) is 2.66. The second-order valence-electron chi connectivity index (χ2n) is 5.81. The van der Waals surface area contributed by atoms with Crippen LogP contribution in [0, 0.1) is 6.92 Å². The van der Waals surface area contributed by atoms with Gasteiger partial charge in [-0.25, -0.2) is 0 Å². The van der Waals surface area contributed by atoms with E-state index in [0.717, 1.165) is 17.7 Å². The molecule has 0 saturated heterocycles. The molecule has 0 bridgehead atoms. The highest BCUT2D eigenvalue weighted by Crippen LogP contribution is 2.33. The van der Waals surface area contributed by atoms with E-state index in [1.54, 1.807) is 17.8 Å². The van der Waals surface area contributed by atoms with Gasteiger partial charge in [-0.15, -0.1) is 0 Å². The van der Waals surface area contributed by atoms with Gasteiger partial charge in [0.2, 0.25) is 0 Å². The average molecular weight is 308 g/mol. The van der Waals surface area contributed by atoms with Crippen molar-refractivity contribution in [3.63, 3.8) is 0 Å². The number of nitrogens with zero attached hydrogens (tertiary/aromatic N) is 3. The molecule has 4 nitrogen and oxygen atoms in total. The summed E-state index contributed by atoms with van der Waals surface area (Å²) in [5.41, 5.74) is 1.42. The van der Waals surface area contributed by atoms with Crippen LogP contribution < -0.4 is 0 Å². The predicted molar refractivity (Wildman–Crippen MR) is 85.6 cm³/mol. The van der Waals surface area contributed by atoms with Gasteiger partial charge in [-0.2, -0.15) is 5.10 Å². The van der Waals surface area contributed by atoms with Crippen molar-refractivity contribution in [3.8, 4) is 0 Å². The number of benzene rings is 1. The summed E-state index contributed by atoms with van der Waals surface area (Å²) in [7, 11) is 4.01. The zero-order valence-electron chi connectivity index (χ0n) is 13.0. The van der Waals surface area contributed by atoms with E-state index >= 15 is 0 Å². The Morgan fingerprint density at radius 2 is 1.90 bits per heavy atom. The second kappa shape index (κ2) is 6.18. The molecule has 0 radical (unpaired) electrons. The number of aromatic nitrogens is 2. The second-order valence-corrected chi connectivity index (χ2v) is 6.21. The number of aliphatic hydroxyl groups is 1. The Balaban J connectivity index is 2.39. The van der Waals surface area contributed by atoms with Crippen molar-refractivity contribution in [1.29, 1.82) is 0 Å². The van der Waals surface area contributed by atoms with E-state index in [1.165, 1.54) is 0 Å². The number of halogens is 1. The first kappa shape index (κ1) is 16.0. The van der Waals surface area contributed by atoms with Crippen LogP contribution in [-0.2, 0) is 12.1 Å². The highest BCUT2D eigenvalue weighted by Gasteiger charge is 2.32. The highest BCUT2D eigenvalue weighted by molar-refractivity contribution is 6.31. The summed E-state index contributed by atoms with van der Waals surface area (Å²) in [5, 5.41) is 15.8. The molecule has 0 amide bonds. The fourth-order valence-electron chi connectivity index (χ4n) is 2.33. The summed E-state index contributed by atoms with van der Waals surface area (Å²) in [6.07, 6.45) is 1.59. The molecule has 2 aromatic rings. The van der Waals surface area contributed by atoms with Gasteiger partial charge in [0.1, 0.15) is 5.60 Å².